The van der Waals surface area contributed by atoms with Gasteiger partial charge in [-0.25, -0.2) is 0 Å². The lowest BCUT2D eigenvalue weighted by Crippen LogP contribution is -2.29. The van der Waals surface area contributed by atoms with Gasteiger partial charge in [-0.2, -0.15) is 0 Å². The van der Waals surface area contributed by atoms with E-state index in [9.17, 15) is 9.59 Å². The molecule has 144 valence electrons. The smallest absolute Gasteiger partial charge is 0.297 e. The Hall–Kier alpha value is -3.52. The summed E-state index contributed by atoms with van der Waals surface area (Å²) in [6, 6.07) is 11.9. The van der Waals surface area contributed by atoms with Crippen LogP contribution in [0, 0.1) is 6.92 Å². The summed E-state index contributed by atoms with van der Waals surface area (Å²) < 4.78 is 11.4. The molecule has 0 N–H and O–H groups in total. The molecule has 3 heterocycles. The molecule has 1 amide bonds. The predicted molar refractivity (Wildman–Crippen MR) is 109 cm³/mol. The SMILES string of the molecule is COc1ccccc1[C@@H]1c2c(oc3ccc(C)cc3c2=O)C(=O)N1c1nncs1. The van der Waals surface area contributed by atoms with Gasteiger partial charge in [0.2, 0.25) is 10.9 Å². The minimum absolute atomic E-state index is 0.0254. The highest BCUT2D eigenvalue weighted by molar-refractivity contribution is 7.13. The Morgan fingerprint density at radius 3 is 2.76 bits per heavy atom. The molecule has 0 spiro atoms. The molecule has 0 radical (unpaired) electrons. The first-order chi connectivity index (χ1) is 14.1. The van der Waals surface area contributed by atoms with Gasteiger partial charge in [0.25, 0.3) is 5.91 Å². The average molecular weight is 405 g/mol. The number of benzene rings is 2. The number of hydrogen-bond acceptors (Lipinski definition) is 7. The first-order valence-corrected chi connectivity index (χ1v) is 9.78. The van der Waals surface area contributed by atoms with Gasteiger partial charge >= 0.3 is 0 Å². The third kappa shape index (κ3) is 2.56. The Morgan fingerprint density at radius 1 is 1.17 bits per heavy atom. The van der Waals surface area contributed by atoms with Gasteiger partial charge in [-0.3, -0.25) is 14.5 Å². The second-order valence-corrected chi connectivity index (χ2v) is 7.53. The highest BCUT2D eigenvalue weighted by Gasteiger charge is 2.45. The molecule has 0 saturated carbocycles. The summed E-state index contributed by atoms with van der Waals surface area (Å²) in [4.78, 5) is 28.3. The molecule has 2 aromatic carbocycles. The standard InChI is InChI=1S/C21H15N3O4S/c1-11-7-8-15-13(9-11)18(25)16-17(12-5-3-4-6-14(12)27-2)24(20(26)19(16)28-15)21-23-22-10-29-21/h3-10,17H,1-2H3/t17-/m1/s1. The molecule has 2 aromatic heterocycles. The fourth-order valence-corrected chi connectivity index (χ4v) is 4.33. The Labute approximate surface area is 169 Å². The van der Waals surface area contributed by atoms with Gasteiger partial charge in [-0.15, -0.1) is 10.2 Å². The lowest BCUT2D eigenvalue weighted by atomic mass is 9.97. The van der Waals surface area contributed by atoms with Crippen molar-refractivity contribution in [2.24, 2.45) is 0 Å². The van der Waals surface area contributed by atoms with E-state index < -0.39 is 11.9 Å². The molecule has 29 heavy (non-hydrogen) atoms. The monoisotopic (exact) mass is 405 g/mol. The summed E-state index contributed by atoms with van der Waals surface area (Å²) in [6.45, 7) is 1.91. The van der Waals surface area contributed by atoms with Gasteiger partial charge in [0.05, 0.1) is 18.1 Å². The van der Waals surface area contributed by atoms with E-state index in [1.54, 1.807) is 30.8 Å². The second kappa shape index (κ2) is 6.52. The molecule has 1 aliphatic heterocycles. The molecule has 1 aliphatic rings. The van der Waals surface area contributed by atoms with Crippen LogP contribution in [0.1, 0.15) is 33.3 Å². The van der Waals surface area contributed by atoms with Crippen molar-refractivity contribution in [2.45, 2.75) is 13.0 Å². The number of aryl methyl sites for hydroxylation is 1. The molecule has 0 bridgehead atoms. The fourth-order valence-electron chi connectivity index (χ4n) is 3.74. The number of anilines is 1. The van der Waals surface area contributed by atoms with Gasteiger partial charge < -0.3 is 9.15 Å². The van der Waals surface area contributed by atoms with E-state index in [4.69, 9.17) is 9.15 Å². The van der Waals surface area contributed by atoms with Crippen LogP contribution >= 0.6 is 11.3 Å². The van der Waals surface area contributed by atoms with Crippen LogP contribution in [0.3, 0.4) is 0 Å². The quantitative estimate of drug-likeness (QED) is 0.517. The van der Waals surface area contributed by atoms with Crippen molar-refractivity contribution < 1.29 is 13.9 Å². The summed E-state index contributed by atoms with van der Waals surface area (Å²) in [5, 5.41) is 8.75. The third-order valence-electron chi connectivity index (χ3n) is 5.01. The minimum Gasteiger partial charge on any atom is -0.496 e. The average Bonchev–Trinajstić information content (AvgIpc) is 3.35. The summed E-state index contributed by atoms with van der Waals surface area (Å²) in [6.07, 6.45) is 0. The van der Waals surface area contributed by atoms with Crippen LogP contribution in [0.2, 0.25) is 0 Å². The summed E-state index contributed by atoms with van der Waals surface area (Å²) in [7, 11) is 1.55. The Bertz CT molecular complexity index is 1310. The number of carbonyl (C=O) groups is 1. The highest BCUT2D eigenvalue weighted by atomic mass is 32.1. The molecule has 7 nitrogen and oxygen atoms in total. The zero-order valence-electron chi connectivity index (χ0n) is 15.6. The van der Waals surface area contributed by atoms with E-state index >= 15 is 0 Å². The third-order valence-corrected chi connectivity index (χ3v) is 5.70. The number of rotatable bonds is 3. The van der Waals surface area contributed by atoms with Crippen molar-refractivity contribution in [2.75, 3.05) is 12.0 Å². The highest BCUT2D eigenvalue weighted by Crippen LogP contribution is 2.44. The largest absolute Gasteiger partial charge is 0.496 e. The summed E-state index contributed by atoms with van der Waals surface area (Å²) >= 11 is 1.22. The lowest BCUT2D eigenvalue weighted by molar-refractivity contribution is 0.0970. The molecule has 5 rings (SSSR count). The first-order valence-electron chi connectivity index (χ1n) is 8.90. The van der Waals surface area contributed by atoms with Crippen LogP contribution < -0.4 is 15.1 Å². The number of ether oxygens (including phenoxy) is 1. The van der Waals surface area contributed by atoms with Crippen LogP contribution in [0.15, 0.2) is 57.2 Å². The van der Waals surface area contributed by atoms with Gasteiger partial charge in [0, 0.05) is 5.56 Å². The Morgan fingerprint density at radius 2 is 2.00 bits per heavy atom. The van der Waals surface area contributed by atoms with Gasteiger partial charge in [0.15, 0.2) is 5.43 Å². The molecule has 0 saturated heterocycles. The number of carbonyl (C=O) groups excluding carboxylic acids is 1. The van der Waals surface area contributed by atoms with Crippen molar-refractivity contribution in [1.82, 2.24) is 10.2 Å². The topological polar surface area (TPSA) is 85.5 Å². The van der Waals surface area contributed by atoms with Gasteiger partial charge in [-0.05, 0) is 25.1 Å². The maximum atomic E-state index is 13.5. The predicted octanol–water partition coefficient (Wildman–Crippen LogP) is 3.71. The molecule has 0 unspecified atom stereocenters. The number of para-hydroxylation sites is 1. The molecular formula is C21H15N3O4S. The molecule has 8 heteroatoms. The number of amides is 1. The number of nitrogens with zero attached hydrogens (tertiary/aromatic N) is 3. The number of aromatic nitrogens is 2. The van der Waals surface area contributed by atoms with E-state index in [1.165, 1.54) is 16.2 Å². The van der Waals surface area contributed by atoms with Gasteiger partial charge in [-0.1, -0.05) is 41.2 Å². The van der Waals surface area contributed by atoms with E-state index in [2.05, 4.69) is 10.2 Å². The zero-order chi connectivity index (χ0) is 20.1. The number of methoxy groups -OCH3 is 1. The van der Waals surface area contributed by atoms with Crippen LogP contribution in [0.25, 0.3) is 11.0 Å². The molecule has 4 aromatic rings. The maximum Gasteiger partial charge on any atom is 0.297 e. The van der Waals surface area contributed by atoms with Crippen molar-refractivity contribution in [1.29, 1.82) is 0 Å². The fraction of sp³-hybridized carbons (Fsp3) is 0.143. The van der Waals surface area contributed by atoms with E-state index in [1.807, 2.05) is 31.2 Å². The van der Waals surface area contributed by atoms with Gasteiger partial charge in [0.1, 0.15) is 22.9 Å². The molecule has 1 atom stereocenters. The van der Waals surface area contributed by atoms with Crippen LogP contribution in [-0.2, 0) is 0 Å². The van der Waals surface area contributed by atoms with Crippen LogP contribution in [0.4, 0.5) is 5.13 Å². The van der Waals surface area contributed by atoms with Crippen molar-refractivity contribution in [3.63, 3.8) is 0 Å². The molecule has 0 aliphatic carbocycles. The number of hydrogen-bond donors (Lipinski definition) is 0. The number of fused-ring (bicyclic) bond motifs is 2. The van der Waals surface area contributed by atoms with Crippen LogP contribution in [-0.4, -0.2) is 23.2 Å². The van der Waals surface area contributed by atoms with Crippen molar-refractivity contribution >= 4 is 33.3 Å². The van der Waals surface area contributed by atoms with Crippen molar-refractivity contribution in [3.05, 3.63) is 80.6 Å². The molecular weight excluding hydrogens is 390 g/mol. The summed E-state index contributed by atoms with van der Waals surface area (Å²) in [5.74, 6) is 0.168. The lowest BCUT2D eigenvalue weighted by Gasteiger charge is -2.23. The van der Waals surface area contributed by atoms with Crippen LogP contribution in [0.5, 0.6) is 5.75 Å². The van der Waals surface area contributed by atoms with E-state index in [-0.39, 0.29) is 16.8 Å². The zero-order valence-corrected chi connectivity index (χ0v) is 16.4. The normalized spacial score (nSPS) is 15.7. The summed E-state index contributed by atoms with van der Waals surface area (Å²) in [5.41, 5.74) is 3.58. The van der Waals surface area contributed by atoms with Crippen molar-refractivity contribution in [3.8, 4) is 5.75 Å². The maximum absolute atomic E-state index is 13.5. The second-order valence-electron chi connectivity index (χ2n) is 6.71. The Kier molecular flexibility index (Phi) is 3.95. The van der Waals surface area contributed by atoms with E-state index in [0.717, 1.165) is 5.56 Å². The molecule has 0 fully saturated rings. The van der Waals surface area contributed by atoms with E-state index in [0.29, 0.717) is 27.4 Å². The minimum atomic E-state index is -0.720. The first kappa shape index (κ1) is 17.6. The Balaban J connectivity index is 1.86.